The Hall–Kier alpha value is -1.57. The molecule has 0 unspecified atom stereocenters. The molecule has 0 atom stereocenters. The van der Waals surface area contributed by atoms with Crippen molar-refractivity contribution in [2.75, 3.05) is 0 Å². The van der Waals surface area contributed by atoms with Crippen LogP contribution >= 0.6 is 17.0 Å². The molecule has 6 aromatic carbocycles. The number of benzene rings is 4. The van der Waals surface area contributed by atoms with Crippen LogP contribution in [0.15, 0.2) is 121 Å². The summed E-state index contributed by atoms with van der Waals surface area (Å²) in [5.41, 5.74) is 7.89. The van der Waals surface area contributed by atoms with Crippen LogP contribution < -0.4 is 0 Å². The maximum Gasteiger partial charge on any atom is 0 e. The minimum atomic E-state index is -0.826. The predicted molar refractivity (Wildman–Crippen MR) is 157 cm³/mol. The van der Waals surface area contributed by atoms with E-state index < -0.39 is 20.8 Å². The Bertz CT molecular complexity index is 1390. The topological polar surface area (TPSA) is 0 Å². The zero-order valence-electron chi connectivity index (χ0n) is 20.4. The van der Waals surface area contributed by atoms with Crippen molar-refractivity contribution in [3.8, 4) is 22.3 Å². The number of halogens is 2. The quantitative estimate of drug-likeness (QED) is 0.159. The van der Waals surface area contributed by atoms with Crippen LogP contribution in [0.4, 0.5) is 0 Å². The Morgan fingerprint density at radius 2 is 0.889 bits per heavy atom. The summed E-state index contributed by atoms with van der Waals surface area (Å²) in [5.74, 6) is 0. The molecule has 0 amide bonds. The standard InChI is InChI=1S/2C16H13.2ClH.In.Zr/c2*1-12-10-14-8-5-9-15(16(14)11-12)13-6-3-2-4-7-13;;;;/h2*2-11H,1H3;2*1H;;/q2*-1;;;;+4/p-2. The fourth-order valence-corrected chi connectivity index (χ4v) is 4.51. The van der Waals surface area contributed by atoms with E-state index in [4.69, 9.17) is 17.0 Å². The Labute approximate surface area is 251 Å². The van der Waals surface area contributed by atoms with Gasteiger partial charge in [-0.05, 0) is 11.1 Å². The third-order valence-corrected chi connectivity index (χ3v) is 5.96. The molecule has 0 saturated carbocycles. The molecule has 0 aliphatic rings. The van der Waals surface area contributed by atoms with Crippen LogP contribution in [0.1, 0.15) is 11.1 Å². The molecule has 0 aromatic heterocycles. The molecule has 0 N–H and O–H groups in total. The average molecular weight is 688 g/mol. The molecule has 0 heterocycles. The second-order valence-corrected chi connectivity index (χ2v) is 12.2. The van der Waals surface area contributed by atoms with Crippen LogP contribution in [0.5, 0.6) is 0 Å². The molecule has 6 aromatic rings. The smallest absolute Gasteiger partial charge is 0 e. The van der Waals surface area contributed by atoms with Gasteiger partial charge in [-0.15, -0.1) is 69.1 Å². The van der Waals surface area contributed by atoms with Crippen molar-refractivity contribution in [1.29, 1.82) is 0 Å². The van der Waals surface area contributed by atoms with Gasteiger partial charge in [-0.3, -0.25) is 0 Å². The molecule has 36 heavy (non-hydrogen) atoms. The number of hydrogen-bond donors (Lipinski definition) is 0. The van der Waals surface area contributed by atoms with E-state index in [0.29, 0.717) is 0 Å². The third kappa shape index (κ3) is 7.26. The van der Waals surface area contributed by atoms with E-state index in [1.165, 1.54) is 54.9 Å². The second-order valence-electron chi connectivity index (χ2n) is 8.49. The SMILES string of the molecule is Cc1cc2c(-c3ccccc3)cccc2[cH-]1.Cc1cc2c(-c3ccccc3)cccc2[cH-]1.[Cl][Zr+2][Cl].[In]. The molecular weight excluding hydrogens is 661 g/mol. The molecule has 4 heteroatoms. The predicted octanol–water partition coefficient (Wildman–Crippen LogP) is 10.1. The Balaban J connectivity index is 0.000000177. The molecule has 0 spiro atoms. The molecule has 0 bridgehead atoms. The van der Waals surface area contributed by atoms with E-state index >= 15 is 0 Å². The molecule has 0 nitrogen and oxygen atoms in total. The number of rotatable bonds is 2. The van der Waals surface area contributed by atoms with Crippen LogP contribution in [0.25, 0.3) is 43.8 Å². The van der Waals surface area contributed by atoms with Crippen molar-refractivity contribution in [3.63, 3.8) is 0 Å². The van der Waals surface area contributed by atoms with Gasteiger partial charge in [0.05, 0.1) is 0 Å². The first-order chi connectivity index (χ1) is 17.1. The molecule has 6 rings (SSSR count). The molecule has 0 saturated heterocycles. The van der Waals surface area contributed by atoms with Gasteiger partial charge in [0.15, 0.2) is 0 Å². The van der Waals surface area contributed by atoms with Gasteiger partial charge in [-0.1, -0.05) is 97.8 Å². The monoisotopic (exact) mass is 685 g/mol. The summed E-state index contributed by atoms with van der Waals surface area (Å²) in [4.78, 5) is 0. The summed E-state index contributed by atoms with van der Waals surface area (Å²) in [7, 11) is 9.87. The normalized spacial score (nSPS) is 9.89. The van der Waals surface area contributed by atoms with Crippen molar-refractivity contribution in [2.45, 2.75) is 13.8 Å². The Kier molecular flexibility index (Phi) is 11.6. The van der Waals surface area contributed by atoms with E-state index in [1.807, 2.05) is 0 Å². The van der Waals surface area contributed by atoms with Crippen molar-refractivity contribution >= 4 is 64.4 Å². The number of hydrogen-bond acceptors (Lipinski definition) is 0. The molecule has 175 valence electrons. The second kappa shape index (κ2) is 14.4. The molecule has 0 aliphatic carbocycles. The third-order valence-electron chi connectivity index (χ3n) is 5.96. The molecule has 3 radical (unpaired) electrons. The summed E-state index contributed by atoms with van der Waals surface area (Å²) in [5, 5.41) is 5.37. The van der Waals surface area contributed by atoms with Crippen molar-refractivity contribution in [2.24, 2.45) is 0 Å². The summed E-state index contributed by atoms with van der Waals surface area (Å²) in [6, 6.07) is 43.1. The average Bonchev–Trinajstić information content (AvgIpc) is 3.46. The maximum absolute atomic E-state index is 4.93. The van der Waals surface area contributed by atoms with Crippen molar-refractivity contribution in [3.05, 3.63) is 132 Å². The van der Waals surface area contributed by atoms with Gasteiger partial charge in [-0.25, -0.2) is 0 Å². The molecular formula is C32H26Cl2InZr. The van der Waals surface area contributed by atoms with Crippen LogP contribution in [0, 0.1) is 13.8 Å². The zero-order valence-corrected chi connectivity index (χ0v) is 27.6. The molecule has 0 fully saturated rings. The van der Waals surface area contributed by atoms with E-state index in [1.54, 1.807) is 0 Å². The summed E-state index contributed by atoms with van der Waals surface area (Å²) in [6.45, 7) is 4.30. The maximum atomic E-state index is 4.93. The first kappa shape index (κ1) is 29.0. The van der Waals surface area contributed by atoms with Crippen molar-refractivity contribution in [1.82, 2.24) is 0 Å². The van der Waals surface area contributed by atoms with Gasteiger partial charge in [0, 0.05) is 25.8 Å². The van der Waals surface area contributed by atoms with Gasteiger partial charge in [-0.2, -0.15) is 12.1 Å². The van der Waals surface area contributed by atoms with Gasteiger partial charge in [0.1, 0.15) is 0 Å². The summed E-state index contributed by atoms with van der Waals surface area (Å²) < 4.78 is 0. The first-order valence-electron chi connectivity index (χ1n) is 11.5. The Morgan fingerprint density at radius 1 is 0.528 bits per heavy atom. The van der Waals surface area contributed by atoms with Gasteiger partial charge >= 0.3 is 37.9 Å². The molecule has 0 aliphatic heterocycles. The minimum absolute atomic E-state index is 0. The van der Waals surface area contributed by atoms with E-state index in [0.717, 1.165) is 0 Å². The van der Waals surface area contributed by atoms with E-state index in [2.05, 4.69) is 135 Å². The Morgan fingerprint density at radius 3 is 1.25 bits per heavy atom. The number of fused-ring (bicyclic) bond motifs is 2. The van der Waals surface area contributed by atoms with Crippen LogP contribution in [-0.2, 0) is 20.8 Å². The minimum Gasteiger partial charge on any atom is 0 e. The number of aryl methyl sites for hydroxylation is 2. The fourth-order valence-electron chi connectivity index (χ4n) is 4.51. The van der Waals surface area contributed by atoms with E-state index in [9.17, 15) is 0 Å². The van der Waals surface area contributed by atoms with E-state index in [-0.39, 0.29) is 25.8 Å². The first-order valence-corrected chi connectivity index (χ1v) is 17.8. The summed E-state index contributed by atoms with van der Waals surface area (Å²) >= 11 is -0.826. The van der Waals surface area contributed by atoms with Gasteiger partial charge < -0.3 is 0 Å². The largest absolute Gasteiger partial charge is 0 e. The van der Waals surface area contributed by atoms with Crippen molar-refractivity contribution < 1.29 is 20.8 Å². The summed E-state index contributed by atoms with van der Waals surface area (Å²) in [6.07, 6.45) is 0. The van der Waals surface area contributed by atoms with Gasteiger partial charge in [0.2, 0.25) is 0 Å². The zero-order chi connectivity index (χ0) is 24.6. The van der Waals surface area contributed by atoms with Crippen LogP contribution in [0.2, 0.25) is 0 Å². The van der Waals surface area contributed by atoms with Gasteiger partial charge in [0.25, 0.3) is 0 Å². The van der Waals surface area contributed by atoms with Crippen LogP contribution in [-0.4, -0.2) is 25.8 Å². The fraction of sp³-hybridized carbons (Fsp3) is 0.0625. The van der Waals surface area contributed by atoms with Crippen LogP contribution in [0.3, 0.4) is 0 Å².